The van der Waals surface area contributed by atoms with Gasteiger partial charge in [0.2, 0.25) is 0 Å². The van der Waals surface area contributed by atoms with Crippen molar-refractivity contribution in [2.24, 2.45) is 5.92 Å². The summed E-state index contributed by atoms with van der Waals surface area (Å²) in [5.41, 5.74) is 2.17. The van der Waals surface area contributed by atoms with Gasteiger partial charge >= 0.3 is 5.97 Å². The van der Waals surface area contributed by atoms with Crippen LogP contribution in [0, 0.1) is 5.92 Å². The zero-order chi connectivity index (χ0) is 11.4. The van der Waals surface area contributed by atoms with Gasteiger partial charge in [-0.3, -0.25) is 0 Å². The minimum absolute atomic E-state index is 0.171. The quantitative estimate of drug-likeness (QED) is 0.726. The summed E-state index contributed by atoms with van der Waals surface area (Å²) < 4.78 is 4.73. The van der Waals surface area contributed by atoms with Crippen molar-refractivity contribution in [2.75, 3.05) is 7.11 Å². The first-order valence-corrected chi connectivity index (χ1v) is 5.62. The van der Waals surface area contributed by atoms with Gasteiger partial charge in [0, 0.05) is 5.57 Å². The highest BCUT2D eigenvalue weighted by Crippen LogP contribution is 2.27. The number of benzene rings is 1. The highest BCUT2D eigenvalue weighted by atomic mass is 16.5. The molecule has 16 heavy (non-hydrogen) atoms. The normalized spacial score (nSPS) is 19.3. The van der Waals surface area contributed by atoms with Crippen molar-refractivity contribution in [2.45, 2.75) is 19.3 Å². The van der Waals surface area contributed by atoms with Gasteiger partial charge < -0.3 is 4.74 Å². The monoisotopic (exact) mass is 216 g/mol. The molecule has 0 aromatic heterocycles. The van der Waals surface area contributed by atoms with Gasteiger partial charge in [-0.1, -0.05) is 36.4 Å². The van der Waals surface area contributed by atoms with E-state index in [0.29, 0.717) is 5.92 Å². The van der Waals surface area contributed by atoms with E-state index in [1.807, 2.05) is 6.07 Å². The van der Waals surface area contributed by atoms with E-state index in [1.54, 1.807) is 0 Å². The van der Waals surface area contributed by atoms with Crippen molar-refractivity contribution < 1.29 is 9.53 Å². The maximum atomic E-state index is 11.3. The molecule has 1 aliphatic carbocycles. The second kappa shape index (κ2) is 4.97. The Morgan fingerprint density at radius 2 is 2.12 bits per heavy atom. The molecule has 0 spiro atoms. The molecule has 1 atom stereocenters. The lowest BCUT2D eigenvalue weighted by Gasteiger charge is -2.06. The van der Waals surface area contributed by atoms with Crippen LogP contribution in [-0.2, 0) is 16.0 Å². The molecule has 1 aromatic rings. The van der Waals surface area contributed by atoms with Crippen LogP contribution in [0.3, 0.4) is 0 Å². The zero-order valence-electron chi connectivity index (χ0n) is 9.48. The summed E-state index contributed by atoms with van der Waals surface area (Å²) in [5, 5.41) is 0. The molecule has 0 aliphatic heterocycles. The standard InChI is InChI=1S/C14H16O2/c1-16-14(15)13-8-7-12(10-13)9-11-5-3-2-4-6-11/h2-6,10,12H,7-9H2,1H3. The fourth-order valence-electron chi connectivity index (χ4n) is 2.17. The SMILES string of the molecule is COC(=O)C1=CC(Cc2ccccc2)CC1. The second-order valence-electron chi connectivity index (χ2n) is 4.17. The third-order valence-corrected chi connectivity index (χ3v) is 3.01. The van der Waals surface area contributed by atoms with Gasteiger partial charge in [0.05, 0.1) is 7.11 Å². The Morgan fingerprint density at radius 1 is 1.38 bits per heavy atom. The lowest BCUT2D eigenvalue weighted by Crippen LogP contribution is -2.01. The van der Waals surface area contributed by atoms with E-state index in [0.717, 1.165) is 24.8 Å². The molecule has 0 amide bonds. The molecule has 0 fully saturated rings. The Bertz CT molecular complexity index is 392. The summed E-state index contributed by atoms with van der Waals surface area (Å²) in [6.45, 7) is 0. The second-order valence-corrected chi connectivity index (χ2v) is 4.17. The van der Waals surface area contributed by atoms with Crippen molar-refractivity contribution in [3.05, 3.63) is 47.5 Å². The Hall–Kier alpha value is -1.57. The number of hydrogen-bond acceptors (Lipinski definition) is 2. The lowest BCUT2D eigenvalue weighted by molar-refractivity contribution is -0.136. The molecular weight excluding hydrogens is 200 g/mol. The third kappa shape index (κ3) is 2.51. The number of carbonyl (C=O) groups excluding carboxylic acids is 1. The van der Waals surface area contributed by atoms with Gasteiger partial charge in [-0.15, -0.1) is 0 Å². The van der Waals surface area contributed by atoms with Gasteiger partial charge in [0.1, 0.15) is 0 Å². The maximum absolute atomic E-state index is 11.3. The number of methoxy groups -OCH3 is 1. The number of esters is 1. The minimum Gasteiger partial charge on any atom is -0.466 e. The number of carbonyl (C=O) groups is 1. The van der Waals surface area contributed by atoms with Gasteiger partial charge in [-0.2, -0.15) is 0 Å². The summed E-state index contributed by atoms with van der Waals surface area (Å²) in [5.74, 6) is 0.312. The lowest BCUT2D eigenvalue weighted by atomic mass is 9.99. The van der Waals surface area contributed by atoms with Gasteiger partial charge in [-0.25, -0.2) is 4.79 Å². The van der Waals surface area contributed by atoms with E-state index in [-0.39, 0.29) is 5.97 Å². The van der Waals surface area contributed by atoms with Crippen LogP contribution in [0.25, 0.3) is 0 Å². The molecule has 0 radical (unpaired) electrons. The van der Waals surface area contributed by atoms with Crippen molar-refractivity contribution in [1.82, 2.24) is 0 Å². The van der Waals surface area contributed by atoms with Gasteiger partial charge in [0.25, 0.3) is 0 Å². The van der Waals surface area contributed by atoms with Crippen LogP contribution in [0.15, 0.2) is 42.0 Å². The van der Waals surface area contributed by atoms with E-state index < -0.39 is 0 Å². The van der Waals surface area contributed by atoms with Crippen LogP contribution in [0.1, 0.15) is 18.4 Å². The third-order valence-electron chi connectivity index (χ3n) is 3.01. The van der Waals surface area contributed by atoms with E-state index in [2.05, 4.69) is 30.3 Å². The largest absolute Gasteiger partial charge is 0.466 e. The molecule has 1 unspecified atom stereocenters. The number of allylic oxidation sites excluding steroid dienone is 1. The molecule has 2 heteroatoms. The molecule has 0 bridgehead atoms. The van der Waals surface area contributed by atoms with Crippen LogP contribution in [0.5, 0.6) is 0 Å². The first kappa shape index (κ1) is 10.9. The first-order valence-electron chi connectivity index (χ1n) is 5.62. The Labute approximate surface area is 95.9 Å². The highest BCUT2D eigenvalue weighted by molar-refractivity contribution is 5.88. The summed E-state index contributed by atoms with van der Waals surface area (Å²) in [4.78, 5) is 11.3. The van der Waals surface area contributed by atoms with Crippen molar-refractivity contribution in [3.8, 4) is 0 Å². The predicted octanol–water partition coefficient (Wildman–Crippen LogP) is 2.74. The van der Waals surface area contributed by atoms with Crippen molar-refractivity contribution >= 4 is 5.97 Å². The number of hydrogen-bond donors (Lipinski definition) is 0. The zero-order valence-corrected chi connectivity index (χ0v) is 9.48. The topological polar surface area (TPSA) is 26.3 Å². The van der Waals surface area contributed by atoms with E-state index in [4.69, 9.17) is 4.74 Å². The fourth-order valence-corrected chi connectivity index (χ4v) is 2.17. The Balaban J connectivity index is 1.99. The smallest absolute Gasteiger partial charge is 0.333 e. The molecular formula is C14H16O2. The summed E-state index contributed by atoms with van der Waals surface area (Å²) in [6, 6.07) is 10.4. The van der Waals surface area contributed by atoms with Crippen molar-refractivity contribution in [1.29, 1.82) is 0 Å². The highest BCUT2D eigenvalue weighted by Gasteiger charge is 2.21. The van der Waals surface area contributed by atoms with E-state index in [9.17, 15) is 4.79 Å². The molecule has 84 valence electrons. The molecule has 0 heterocycles. The van der Waals surface area contributed by atoms with Crippen LogP contribution in [0.2, 0.25) is 0 Å². The van der Waals surface area contributed by atoms with Gasteiger partial charge in [-0.05, 0) is 30.7 Å². The molecule has 2 nitrogen and oxygen atoms in total. The summed E-state index contributed by atoms with van der Waals surface area (Å²) in [7, 11) is 1.44. The van der Waals surface area contributed by atoms with Crippen molar-refractivity contribution in [3.63, 3.8) is 0 Å². The number of rotatable bonds is 3. The van der Waals surface area contributed by atoms with Crippen LogP contribution in [-0.4, -0.2) is 13.1 Å². The molecule has 2 rings (SSSR count). The van der Waals surface area contributed by atoms with E-state index >= 15 is 0 Å². The summed E-state index contributed by atoms with van der Waals surface area (Å²) >= 11 is 0. The molecule has 0 saturated heterocycles. The summed E-state index contributed by atoms with van der Waals surface area (Å²) in [6.07, 6.45) is 4.99. The number of ether oxygens (including phenoxy) is 1. The average Bonchev–Trinajstić information content (AvgIpc) is 2.78. The minimum atomic E-state index is -0.171. The molecule has 0 saturated carbocycles. The van der Waals surface area contributed by atoms with Gasteiger partial charge in [0.15, 0.2) is 0 Å². The fraction of sp³-hybridized carbons (Fsp3) is 0.357. The molecule has 0 N–H and O–H groups in total. The van der Waals surface area contributed by atoms with E-state index in [1.165, 1.54) is 12.7 Å². The maximum Gasteiger partial charge on any atom is 0.333 e. The molecule has 1 aromatic carbocycles. The Morgan fingerprint density at radius 3 is 2.81 bits per heavy atom. The Kier molecular flexibility index (Phi) is 3.40. The van der Waals surface area contributed by atoms with Crippen LogP contribution in [0.4, 0.5) is 0 Å². The predicted molar refractivity (Wildman–Crippen MR) is 63.0 cm³/mol. The molecule has 1 aliphatic rings. The van der Waals surface area contributed by atoms with Crippen LogP contribution >= 0.6 is 0 Å². The van der Waals surface area contributed by atoms with Crippen LogP contribution < -0.4 is 0 Å². The average molecular weight is 216 g/mol. The first-order chi connectivity index (χ1) is 7.79.